The summed E-state index contributed by atoms with van der Waals surface area (Å²) in [6.07, 6.45) is 6.47. The molecule has 0 spiro atoms. The Morgan fingerprint density at radius 1 is 1.21 bits per heavy atom. The molecule has 24 heavy (non-hydrogen) atoms. The summed E-state index contributed by atoms with van der Waals surface area (Å²) >= 11 is 1.65. The van der Waals surface area contributed by atoms with E-state index in [9.17, 15) is 4.79 Å². The minimum absolute atomic E-state index is 0.00927. The van der Waals surface area contributed by atoms with Crippen LogP contribution in [0.5, 0.6) is 0 Å². The van der Waals surface area contributed by atoms with Crippen LogP contribution in [0.3, 0.4) is 0 Å². The van der Waals surface area contributed by atoms with Gasteiger partial charge < -0.3 is 14.2 Å². The summed E-state index contributed by atoms with van der Waals surface area (Å²) in [6.45, 7) is 2.89. The van der Waals surface area contributed by atoms with E-state index < -0.39 is 0 Å². The second-order valence-corrected chi connectivity index (χ2v) is 6.41. The number of piperazine rings is 1. The van der Waals surface area contributed by atoms with Gasteiger partial charge in [-0.25, -0.2) is 9.97 Å². The topological polar surface area (TPSA) is 62.5 Å². The number of carbonyl (C=O) groups is 1. The zero-order valence-electron chi connectivity index (χ0n) is 13.0. The summed E-state index contributed by atoms with van der Waals surface area (Å²) in [5, 5.41) is 2.03. The summed E-state index contributed by atoms with van der Waals surface area (Å²) in [5.74, 6) is 1.66. The molecule has 4 rings (SSSR count). The van der Waals surface area contributed by atoms with Crippen LogP contribution in [0, 0.1) is 0 Å². The fraction of sp³-hybridized carbons (Fsp3) is 0.235. The predicted octanol–water partition coefficient (Wildman–Crippen LogP) is 2.65. The third kappa shape index (κ3) is 2.90. The molecule has 0 radical (unpaired) electrons. The maximum absolute atomic E-state index is 12.3. The average Bonchev–Trinajstić information content (AvgIpc) is 3.31. The van der Waals surface area contributed by atoms with Gasteiger partial charge in [0.25, 0.3) is 0 Å². The Kier molecular flexibility index (Phi) is 4.00. The molecule has 0 aromatic carbocycles. The van der Waals surface area contributed by atoms with Crippen LogP contribution in [0.1, 0.15) is 5.76 Å². The number of fused-ring (bicyclic) bond motifs is 1. The highest BCUT2D eigenvalue weighted by Gasteiger charge is 2.22. The summed E-state index contributed by atoms with van der Waals surface area (Å²) in [7, 11) is 0. The number of hydrogen-bond acceptors (Lipinski definition) is 6. The number of anilines is 1. The van der Waals surface area contributed by atoms with Gasteiger partial charge in [-0.3, -0.25) is 4.79 Å². The van der Waals surface area contributed by atoms with E-state index in [-0.39, 0.29) is 5.91 Å². The Morgan fingerprint density at radius 3 is 2.88 bits per heavy atom. The van der Waals surface area contributed by atoms with Crippen molar-refractivity contribution in [2.75, 3.05) is 31.1 Å². The zero-order chi connectivity index (χ0) is 16.4. The first-order valence-electron chi connectivity index (χ1n) is 7.75. The van der Waals surface area contributed by atoms with Crippen molar-refractivity contribution < 1.29 is 9.21 Å². The van der Waals surface area contributed by atoms with Crippen molar-refractivity contribution in [2.45, 2.75) is 0 Å². The van der Waals surface area contributed by atoms with Gasteiger partial charge >= 0.3 is 0 Å². The van der Waals surface area contributed by atoms with Crippen LogP contribution in [-0.2, 0) is 4.79 Å². The number of aromatic nitrogens is 2. The van der Waals surface area contributed by atoms with Gasteiger partial charge in [0.05, 0.1) is 16.5 Å². The minimum atomic E-state index is 0.00927. The molecule has 6 nitrogen and oxygen atoms in total. The van der Waals surface area contributed by atoms with Crippen molar-refractivity contribution in [1.82, 2.24) is 14.9 Å². The highest BCUT2D eigenvalue weighted by Crippen LogP contribution is 2.28. The molecule has 0 saturated carbocycles. The number of rotatable bonds is 3. The van der Waals surface area contributed by atoms with Gasteiger partial charge in [0.1, 0.15) is 17.9 Å². The Labute approximate surface area is 143 Å². The Balaban J connectivity index is 1.41. The molecule has 3 aromatic heterocycles. The number of hydrogen-bond donors (Lipinski definition) is 0. The monoisotopic (exact) mass is 340 g/mol. The van der Waals surface area contributed by atoms with E-state index in [2.05, 4.69) is 14.9 Å². The fourth-order valence-corrected chi connectivity index (χ4v) is 3.65. The molecular weight excluding hydrogens is 324 g/mol. The van der Waals surface area contributed by atoms with E-state index in [1.807, 2.05) is 22.4 Å². The first kappa shape index (κ1) is 14.9. The maximum atomic E-state index is 12.3. The lowest BCUT2D eigenvalue weighted by Gasteiger charge is -2.35. The molecule has 122 valence electrons. The highest BCUT2D eigenvalue weighted by atomic mass is 32.1. The molecule has 1 aliphatic heterocycles. The van der Waals surface area contributed by atoms with Crippen molar-refractivity contribution in [3.05, 3.63) is 48.0 Å². The van der Waals surface area contributed by atoms with Crippen LogP contribution in [0.4, 0.5) is 5.82 Å². The average molecular weight is 340 g/mol. The van der Waals surface area contributed by atoms with Gasteiger partial charge in [0.2, 0.25) is 5.91 Å². The van der Waals surface area contributed by atoms with E-state index in [0.29, 0.717) is 18.8 Å². The van der Waals surface area contributed by atoms with Crippen molar-refractivity contribution in [3.8, 4) is 0 Å². The highest BCUT2D eigenvalue weighted by molar-refractivity contribution is 7.17. The first-order chi connectivity index (χ1) is 11.8. The molecule has 0 unspecified atom stereocenters. The third-order valence-electron chi connectivity index (χ3n) is 4.05. The SMILES string of the molecule is O=C(/C=C/c1ccco1)N1CCN(c2ncnc3ccsc23)CC1. The Hall–Kier alpha value is -2.67. The van der Waals surface area contributed by atoms with E-state index in [4.69, 9.17) is 4.42 Å². The molecule has 1 amide bonds. The minimum Gasteiger partial charge on any atom is -0.465 e. The molecule has 7 heteroatoms. The summed E-state index contributed by atoms with van der Waals surface area (Å²) in [4.78, 5) is 25.1. The summed E-state index contributed by atoms with van der Waals surface area (Å²) < 4.78 is 6.31. The van der Waals surface area contributed by atoms with Gasteiger partial charge in [-0.15, -0.1) is 11.3 Å². The van der Waals surface area contributed by atoms with Crippen molar-refractivity contribution in [1.29, 1.82) is 0 Å². The summed E-state index contributed by atoms with van der Waals surface area (Å²) in [6, 6.07) is 5.63. The number of amides is 1. The molecular formula is C17H16N4O2S. The fourth-order valence-electron chi connectivity index (χ4n) is 2.78. The molecule has 1 aliphatic rings. The van der Waals surface area contributed by atoms with Crippen LogP contribution >= 0.6 is 11.3 Å². The van der Waals surface area contributed by atoms with Crippen molar-refractivity contribution in [2.24, 2.45) is 0 Å². The predicted molar refractivity (Wildman–Crippen MR) is 94.0 cm³/mol. The Morgan fingerprint density at radius 2 is 2.08 bits per heavy atom. The molecule has 0 atom stereocenters. The van der Waals surface area contributed by atoms with Crippen LogP contribution in [0.2, 0.25) is 0 Å². The van der Waals surface area contributed by atoms with E-state index in [1.165, 1.54) is 0 Å². The molecule has 1 saturated heterocycles. The van der Waals surface area contributed by atoms with Crippen LogP contribution in [-0.4, -0.2) is 47.0 Å². The standard InChI is InChI=1S/C17H16N4O2S/c22-15(4-3-13-2-1-10-23-13)20-6-8-21(9-7-20)17-16-14(5-11-24-16)18-12-19-17/h1-5,10-12H,6-9H2/b4-3+. The molecule has 0 bridgehead atoms. The third-order valence-corrected chi connectivity index (χ3v) is 4.95. The molecule has 3 aromatic rings. The molecule has 1 fully saturated rings. The van der Waals surface area contributed by atoms with E-state index in [0.717, 1.165) is 29.1 Å². The first-order valence-corrected chi connectivity index (χ1v) is 8.63. The molecule has 4 heterocycles. The number of thiophene rings is 1. The van der Waals surface area contributed by atoms with Gasteiger partial charge in [-0.2, -0.15) is 0 Å². The van der Waals surface area contributed by atoms with Crippen molar-refractivity contribution >= 4 is 39.4 Å². The number of furan rings is 1. The van der Waals surface area contributed by atoms with Gasteiger partial charge in [-0.05, 0) is 29.7 Å². The lowest BCUT2D eigenvalue weighted by Crippen LogP contribution is -2.48. The molecule has 0 aliphatic carbocycles. The van der Waals surface area contributed by atoms with Gasteiger partial charge in [-0.1, -0.05) is 0 Å². The van der Waals surface area contributed by atoms with E-state index >= 15 is 0 Å². The molecule has 0 N–H and O–H groups in total. The normalized spacial score (nSPS) is 15.5. The van der Waals surface area contributed by atoms with Gasteiger partial charge in [0.15, 0.2) is 0 Å². The van der Waals surface area contributed by atoms with Crippen molar-refractivity contribution in [3.63, 3.8) is 0 Å². The number of carbonyl (C=O) groups excluding carboxylic acids is 1. The zero-order valence-corrected chi connectivity index (χ0v) is 13.8. The van der Waals surface area contributed by atoms with Gasteiger partial charge in [0, 0.05) is 32.3 Å². The van der Waals surface area contributed by atoms with Crippen LogP contribution in [0.15, 0.2) is 46.7 Å². The van der Waals surface area contributed by atoms with E-state index in [1.54, 1.807) is 42.1 Å². The lowest BCUT2D eigenvalue weighted by molar-refractivity contribution is -0.126. The van der Waals surface area contributed by atoms with Crippen LogP contribution < -0.4 is 4.90 Å². The maximum Gasteiger partial charge on any atom is 0.246 e. The smallest absolute Gasteiger partial charge is 0.246 e. The largest absolute Gasteiger partial charge is 0.465 e. The number of nitrogens with zero attached hydrogens (tertiary/aromatic N) is 4. The quantitative estimate of drug-likeness (QED) is 0.686. The van der Waals surface area contributed by atoms with Crippen LogP contribution in [0.25, 0.3) is 16.3 Å². The Bertz CT molecular complexity index is 864. The summed E-state index contributed by atoms with van der Waals surface area (Å²) in [5.41, 5.74) is 0.977. The lowest BCUT2D eigenvalue weighted by atomic mass is 10.3. The second kappa shape index (κ2) is 6.45. The second-order valence-electron chi connectivity index (χ2n) is 5.49.